The van der Waals surface area contributed by atoms with Crippen LogP contribution in [0.1, 0.15) is 39.3 Å². The average molecular weight is 333 g/mol. The molecule has 0 atom stereocenters. The van der Waals surface area contributed by atoms with Crippen LogP contribution in [-0.2, 0) is 0 Å². The molecule has 0 unspecified atom stereocenters. The van der Waals surface area contributed by atoms with E-state index >= 15 is 0 Å². The molecular weight excluding hydrogens is 316 g/mol. The Labute approximate surface area is 137 Å². The Morgan fingerprint density at radius 1 is 1.12 bits per heavy atom. The molecule has 0 radical (unpaired) electrons. The zero-order chi connectivity index (χ0) is 17.1. The first-order chi connectivity index (χ1) is 11.5. The van der Waals surface area contributed by atoms with Gasteiger partial charge in [-0.2, -0.15) is 0 Å². The highest BCUT2D eigenvalue weighted by molar-refractivity contribution is 6.10. The number of ketones is 1. The minimum atomic E-state index is -0.802. The van der Waals surface area contributed by atoms with E-state index < -0.39 is 17.4 Å². The van der Waals surface area contributed by atoms with Crippen molar-refractivity contribution in [2.45, 2.75) is 18.9 Å². The van der Waals surface area contributed by atoms with Gasteiger partial charge in [0, 0.05) is 17.8 Å². The van der Waals surface area contributed by atoms with Crippen molar-refractivity contribution >= 4 is 11.7 Å². The number of nitrogens with one attached hydrogen (secondary N) is 3. The third kappa shape index (κ3) is 3.51. The second-order valence-corrected chi connectivity index (χ2v) is 5.75. The number of halogens is 2. The normalized spacial score (nSPS) is 15.2. The summed E-state index contributed by atoms with van der Waals surface area (Å²) in [6.45, 7) is 1.69. The van der Waals surface area contributed by atoms with E-state index in [1.807, 2.05) is 0 Å². The molecule has 0 spiro atoms. The van der Waals surface area contributed by atoms with Crippen LogP contribution in [0.5, 0.6) is 0 Å². The molecule has 1 aliphatic heterocycles. The summed E-state index contributed by atoms with van der Waals surface area (Å²) < 4.78 is 26.9. The second-order valence-electron chi connectivity index (χ2n) is 5.75. The second kappa shape index (κ2) is 6.92. The van der Waals surface area contributed by atoms with Gasteiger partial charge in [-0.15, -0.1) is 0 Å². The first-order valence-corrected chi connectivity index (χ1v) is 7.74. The summed E-state index contributed by atoms with van der Waals surface area (Å²) in [5.74, 6) is -2.49. The summed E-state index contributed by atoms with van der Waals surface area (Å²) in [6.07, 6.45) is 3.00. The quantitative estimate of drug-likeness (QED) is 0.749. The number of carbonyl (C=O) groups is 2. The van der Waals surface area contributed by atoms with Gasteiger partial charge in [-0.3, -0.25) is 9.59 Å². The van der Waals surface area contributed by atoms with Crippen LogP contribution in [-0.4, -0.2) is 35.8 Å². The molecule has 2 heterocycles. The van der Waals surface area contributed by atoms with E-state index in [0.29, 0.717) is 0 Å². The van der Waals surface area contributed by atoms with E-state index in [0.717, 1.165) is 44.1 Å². The molecule has 0 bridgehead atoms. The number of piperidine rings is 1. The Kier molecular flexibility index (Phi) is 4.71. The van der Waals surface area contributed by atoms with Crippen LogP contribution in [0.3, 0.4) is 0 Å². The highest BCUT2D eigenvalue weighted by Crippen LogP contribution is 2.16. The molecule has 1 amide bonds. The Balaban J connectivity index is 1.73. The fourth-order valence-corrected chi connectivity index (χ4v) is 2.71. The summed E-state index contributed by atoms with van der Waals surface area (Å²) in [7, 11) is 0. The van der Waals surface area contributed by atoms with E-state index in [-0.39, 0.29) is 28.8 Å². The SMILES string of the molecule is O=C(NC1CCNCC1)c1cc(C(=O)c2cc(F)ccc2F)c[nH]1. The van der Waals surface area contributed by atoms with Crippen LogP contribution < -0.4 is 10.6 Å². The monoisotopic (exact) mass is 333 g/mol. The number of aromatic nitrogens is 1. The summed E-state index contributed by atoms with van der Waals surface area (Å²) in [6, 6.07) is 4.13. The van der Waals surface area contributed by atoms with Gasteiger partial charge in [0.05, 0.1) is 5.56 Å². The van der Waals surface area contributed by atoms with Crippen LogP contribution in [0.25, 0.3) is 0 Å². The van der Waals surface area contributed by atoms with Gasteiger partial charge in [0.15, 0.2) is 5.78 Å². The van der Waals surface area contributed by atoms with E-state index in [9.17, 15) is 18.4 Å². The number of hydrogen-bond donors (Lipinski definition) is 3. The lowest BCUT2D eigenvalue weighted by Crippen LogP contribution is -2.42. The van der Waals surface area contributed by atoms with E-state index in [4.69, 9.17) is 0 Å². The Morgan fingerprint density at radius 3 is 2.62 bits per heavy atom. The molecule has 3 rings (SSSR count). The predicted octanol–water partition coefficient (Wildman–Crippen LogP) is 2.01. The van der Waals surface area contributed by atoms with E-state index in [2.05, 4.69) is 15.6 Å². The minimum absolute atomic E-state index is 0.0851. The molecule has 0 aliphatic carbocycles. The largest absolute Gasteiger partial charge is 0.356 e. The summed E-state index contributed by atoms with van der Waals surface area (Å²) in [5, 5.41) is 6.10. The van der Waals surface area contributed by atoms with Crippen molar-refractivity contribution in [3.8, 4) is 0 Å². The lowest BCUT2D eigenvalue weighted by atomic mass is 10.0. The van der Waals surface area contributed by atoms with Gasteiger partial charge < -0.3 is 15.6 Å². The number of H-pyrrole nitrogens is 1. The number of aromatic amines is 1. The highest BCUT2D eigenvalue weighted by Gasteiger charge is 2.20. The molecule has 1 aromatic carbocycles. The van der Waals surface area contributed by atoms with Gasteiger partial charge in [0.1, 0.15) is 17.3 Å². The van der Waals surface area contributed by atoms with Crippen molar-refractivity contribution in [2.24, 2.45) is 0 Å². The Hall–Kier alpha value is -2.54. The number of rotatable bonds is 4. The predicted molar refractivity (Wildman–Crippen MR) is 83.9 cm³/mol. The smallest absolute Gasteiger partial charge is 0.267 e. The molecule has 3 N–H and O–H groups in total. The maximum atomic E-state index is 13.7. The lowest BCUT2D eigenvalue weighted by molar-refractivity contribution is 0.0925. The molecule has 24 heavy (non-hydrogen) atoms. The molecule has 7 heteroatoms. The first-order valence-electron chi connectivity index (χ1n) is 7.74. The van der Waals surface area contributed by atoms with Gasteiger partial charge in [-0.25, -0.2) is 8.78 Å². The zero-order valence-electron chi connectivity index (χ0n) is 12.9. The number of benzene rings is 1. The maximum Gasteiger partial charge on any atom is 0.267 e. The van der Waals surface area contributed by atoms with Crippen LogP contribution in [0.4, 0.5) is 8.78 Å². The van der Waals surface area contributed by atoms with Gasteiger partial charge >= 0.3 is 0 Å². The number of hydrogen-bond acceptors (Lipinski definition) is 3. The van der Waals surface area contributed by atoms with Crippen molar-refractivity contribution in [1.29, 1.82) is 0 Å². The van der Waals surface area contributed by atoms with Crippen molar-refractivity contribution in [3.63, 3.8) is 0 Å². The third-order valence-corrected chi connectivity index (χ3v) is 4.04. The Morgan fingerprint density at radius 2 is 1.88 bits per heavy atom. The average Bonchev–Trinajstić information content (AvgIpc) is 3.07. The summed E-state index contributed by atoms with van der Waals surface area (Å²) in [4.78, 5) is 27.2. The van der Waals surface area contributed by atoms with Crippen LogP contribution >= 0.6 is 0 Å². The topological polar surface area (TPSA) is 74.0 Å². The van der Waals surface area contributed by atoms with E-state index in [1.165, 1.54) is 12.3 Å². The molecule has 1 saturated heterocycles. The molecule has 1 aromatic heterocycles. The van der Waals surface area contributed by atoms with Crippen molar-refractivity contribution in [2.75, 3.05) is 13.1 Å². The molecule has 2 aromatic rings. The minimum Gasteiger partial charge on any atom is -0.356 e. The van der Waals surface area contributed by atoms with Crippen LogP contribution in [0.15, 0.2) is 30.5 Å². The zero-order valence-corrected chi connectivity index (χ0v) is 12.9. The van der Waals surface area contributed by atoms with Crippen LogP contribution in [0.2, 0.25) is 0 Å². The molecule has 126 valence electrons. The van der Waals surface area contributed by atoms with Crippen molar-refractivity contribution in [3.05, 3.63) is 58.9 Å². The molecule has 5 nitrogen and oxygen atoms in total. The van der Waals surface area contributed by atoms with E-state index in [1.54, 1.807) is 0 Å². The van der Waals surface area contributed by atoms with Gasteiger partial charge in [-0.05, 0) is 50.2 Å². The molecule has 1 aliphatic rings. The van der Waals surface area contributed by atoms with Crippen LogP contribution in [0, 0.1) is 11.6 Å². The third-order valence-electron chi connectivity index (χ3n) is 4.04. The standard InChI is InChI=1S/C17H17F2N3O2/c18-11-1-2-14(19)13(8-11)16(23)10-7-15(21-9-10)17(24)22-12-3-5-20-6-4-12/h1-2,7-9,12,20-21H,3-6H2,(H,22,24). The molecule has 0 saturated carbocycles. The van der Waals surface area contributed by atoms with Gasteiger partial charge in [0.2, 0.25) is 0 Å². The van der Waals surface area contributed by atoms with Gasteiger partial charge in [-0.1, -0.05) is 0 Å². The maximum absolute atomic E-state index is 13.7. The lowest BCUT2D eigenvalue weighted by Gasteiger charge is -2.23. The fourth-order valence-electron chi connectivity index (χ4n) is 2.71. The highest BCUT2D eigenvalue weighted by atomic mass is 19.1. The fraction of sp³-hybridized carbons (Fsp3) is 0.294. The Bertz CT molecular complexity index is 767. The summed E-state index contributed by atoms with van der Waals surface area (Å²) in [5.41, 5.74) is -0.0389. The summed E-state index contributed by atoms with van der Waals surface area (Å²) >= 11 is 0. The van der Waals surface area contributed by atoms with Crippen molar-refractivity contribution < 1.29 is 18.4 Å². The number of amides is 1. The first kappa shape index (κ1) is 16.3. The number of carbonyl (C=O) groups excluding carboxylic acids is 2. The van der Waals surface area contributed by atoms with Crippen molar-refractivity contribution in [1.82, 2.24) is 15.6 Å². The van der Waals surface area contributed by atoms with Gasteiger partial charge in [0.25, 0.3) is 5.91 Å². The molecule has 1 fully saturated rings. The molecular formula is C17H17F2N3O2.